The lowest BCUT2D eigenvalue weighted by Crippen LogP contribution is -2.32. The number of halogens is 1. The summed E-state index contributed by atoms with van der Waals surface area (Å²) < 4.78 is 26.3. The second-order valence-corrected chi connectivity index (χ2v) is 10.6. The number of hydrogen-bond acceptors (Lipinski definition) is 3. The van der Waals surface area contributed by atoms with Gasteiger partial charge in [-0.3, -0.25) is 4.79 Å². The van der Waals surface area contributed by atoms with Crippen molar-refractivity contribution in [3.8, 4) is 0 Å². The Morgan fingerprint density at radius 1 is 1.21 bits per heavy atom. The van der Waals surface area contributed by atoms with Crippen LogP contribution in [0.25, 0.3) is 0 Å². The second-order valence-electron chi connectivity index (χ2n) is 8.26. The van der Waals surface area contributed by atoms with E-state index < -0.39 is 15.2 Å². The minimum absolute atomic E-state index is 0.00851. The zero-order valence-electron chi connectivity index (χ0n) is 18.3. The maximum Gasteiger partial charge on any atom is 0.467 e. The van der Waals surface area contributed by atoms with Crippen molar-refractivity contribution in [3.63, 3.8) is 0 Å². The van der Waals surface area contributed by atoms with Crippen LogP contribution in [-0.2, 0) is 13.7 Å². The highest BCUT2D eigenvalue weighted by Crippen LogP contribution is 2.39. The Labute approximate surface area is 176 Å². The van der Waals surface area contributed by atoms with Crippen LogP contribution in [0, 0.1) is 11.8 Å². The maximum absolute atomic E-state index is 14.7. The van der Waals surface area contributed by atoms with Crippen molar-refractivity contribution in [2.75, 3.05) is 0 Å². The molecule has 1 fully saturated rings. The van der Waals surface area contributed by atoms with Gasteiger partial charge in [0.1, 0.15) is 18.1 Å². The molecule has 0 N–H and O–H groups in total. The Bertz CT molecular complexity index is 461. The Hall–Kier alpha value is -0.0931. The van der Waals surface area contributed by atoms with Crippen molar-refractivity contribution in [2.45, 2.75) is 110 Å². The third-order valence-corrected chi connectivity index (χ3v) is 6.80. The number of carbonyl (C=O) groups is 1. The SMILES string of the molecule is CCCC/C=C\CC1C(=O)CC(OP)C1CCC(O[Si+](C)C)C(F)CCCC. The summed E-state index contributed by atoms with van der Waals surface area (Å²) >= 11 is 0. The Morgan fingerprint density at radius 3 is 2.54 bits per heavy atom. The van der Waals surface area contributed by atoms with E-state index in [0.29, 0.717) is 19.3 Å². The van der Waals surface area contributed by atoms with E-state index in [0.717, 1.165) is 32.1 Å². The molecule has 0 aromatic carbocycles. The molecule has 0 aliphatic heterocycles. The summed E-state index contributed by atoms with van der Waals surface area (Å²) in [4.78, 5) is 12.5. The fourth-order valence-electron chi connectivity index (χ4n) is 4.08. The highest BCUT2D eigenvalue weighted by molar-refractivity contribution is 7.09. The molecule has 162 valence electrons. The quantitative estimate of drug-likeness (QED) is 0.129. The molecule has 0 amide bonds. The lowest BCUT2D eigenvalue weighted by atomic mass is 9.86. The highest BCUT2D eigenvalue weighted by atomic mass is 31.0. The van der Waals surface area contributed by atoms with Gasteiger partial charge < -0.3 is 4.52 Å². The van der Waals surface area contributed by atoms with E-state index in [-0.39, 0.29) is 29.8 Å². The molecule has 0 aromatic heterocycles. The topological polar surface area (TPSA) is 35.5 Å². The van der Waals surface area contributed by atoms with Crippen molar-refractivity contribution >= 4 is 24.3 Å². The van der Waals surface area contributed by atoms with Gasteiger partial charge in [0.2, 0.25) is 0 Å². The van der Waals surface area contributed by atoms with E-state index in [1.165, 1.54) is 12.8 Å². The number of hydrogen-bond donors (Lipinski definition) is 0. The van der Waals surface area contributed by atoms with Crippen molar-refractivity contribution in [1.82, 2.24) is 0 Å². The van der Waals surface area contributed by atoms with E-state index in [1.54, 1.807) is 0 Å². The molecule has 0 radical (unpaired) electrons. The van der Waals surface area contributed by atoms with Crippen LogP contribution >= 0.6 is 9.47 Å². The third-order valence-electron chi connectivity index (χ3n) is 5.67. The first-order chi connectivity index (χ1) is 13.4. The van der Waals surface area contributed by atoms with E-state index in [9.17, 15) is 9.18 Å². The average Bonchev–Trinajstić information content (AvgIpc) is 2.97. The summed E-state index contributed by atoms with van der Waals surface area (Å²) in [5, 5.41) is 0. The molecule has 6 heteroatoms. The van der Waals surface area contributed by atoms with E-state index in [4.69, 9.17) is 8.95 Å². The van der Waals surface area contributed by atoms with Gasteiger partial charge in [0.05, 0.1) is 19.2 Å². The Kier molecular flexibility index (Phi) is 13.7. The van der Waals surface area contributed by atoms with Crippen LogP contribution in [-0.4, -0.2) is 33.2 Å². The van der Waals surface area contributed by atoms with Crippen LogP contribution in [0.3, 0.4) is 0 Å². The monoisotopic (exact) mass is 431 g/mol. The van der Waals surface area contributed by atoms with Crippen LogP contribution < -0.4 is 0 Å². The number of unbranched alkanes of at least 4 members (excludes halogenated alkanes) is 3. The summed E-state index contributed by atoms with van der Waals surface area (Å²) in [6, 6.07) is 0. The van der Waals surface area contributed by atoms with E-state index >= 15 is 0 Å². The van der Waals surface area contributed by atoms with Gasteiger partial charge in [-0.2, -0.15) is 0 Å². The predicted molar refractivity (Wildman–Crippen MR) is 120 cm³/mol. The van der Waals surface area contributed by atoms with Gasteiger partial charge in [-0.15, -0.1) is 0 Å². The van der Waals surface area contributed by atoms with Crippen LogP contribution in [0.4, 0.5) is 4.39 Å². The summed E-state index contributed by atoms with van der Waals surface area (Å²) in [5.41, 5.74) is 0. The number of alkyl halides is 1. The van der Waals surface area contributed by atoms with Crippen molar-refractivity contribution < 1.29 is 18.1 Å². The van der Waals surface area contributed by atoms with Gasteiger partial charge >= 0.3 is 9.04 Å². The minimum Gasteiger partial charge on any atom is -0.362 e. The molecule has 0 aromatic rings. The molecular weight excluding hydrogens is 390 g/mol. The summed E-state index contributed by atoms with van der Waals surface area (Å²) in [5.74, 6) is 0.425. The zero-order valence-corrected chi connectivity index (χ0v) is 20.4. The Morgan fingerprint density at radius 2 is 1.93 bits per heavy atom. The fraction of sp³-hybridized carbons (Fsp3) is 0.864. The number of allylic oxidation sites excluding steroid dienone is 2. The lowest BCUT2D eigenvalue weighted by molar-refractivity contribution is -0.121. The highest BCUT2D eigenvalue weighted by Gasteiger charge is 2.42. The molecule has 6 atom stereocenters. The molecule has 1 aliphatic carbocycles. The van der Waals surface area contributed by atoms with Crippen molar-refractivity contribution in [1.29, 1.82) is 0 Å². The zero-order chi connectivity index (χ0) is 20.9. The van der Waals surface area contributed by atoms with Crippen LogP contribution in [0.15, 0.2) is 12.2 Å². The smallest absolute Gasteiger partial charge is 0.362 e. The maximum atomic E-state index is 14.7. The first-order valence-corrected chi connectivity index (χ1v) is 14.0. The first-order valence-electron chi connectivity index (χ1n) is 11.1. The molecule has 0 heterocycles. The second kappa shape index (κ2) is 14.8. The molecule has 1 saturated carbocycles. The average molecular weight is 432 g/mol. The number of Topliss-reactive ketones (excluding diaryl/α,β-unsaturated/α-hetero) is 1. The standard InChI is InChI=1S/C22H41FO3PSi/c1-5-7-9-10-11-12-17-18(22(25-27)16-20(17)24)14-15-21(26-28(3)4)19(23)13-8-6-2/h10-11,17-19,21-22H,5-9,12-16,27H2,1-4H3/q+1/b11-10-. The van der Waals surface area contributed by atoms with Crippen molar-refractivity contribution in [3.05, 3.63) is 12.2 Å². The van der Waals surface area contributed by atoms with Gasteiger partial charge in [0, 0.05) is 21.8 Å². The molecule has 0 bridgehead atoms. The number of ketones is 1. The summed E-state index contributed by atoms with van der Waals surface area (Å²) in [6.45, 7) is 8.38. The third kappa shape index (κ3) is 9.15. The van der Waals surface area contributed by atoms with Gasteiger partial charge in [-0.05, 0) is 38.0 Å². The fourth-order valence-corrected chi connectivity index (χ4v) is 5.25. The van der Waals surface area contributed by atoms with Crippen LogP contribution in [0.5, 0.6) is 0 Å². The van der Waals surface area contributed by atoms with Gasteiger partial charge in [-0.1, -0.05) is 51.7 Å². The molecule has 3 nitrogen and oxygen atoms in total. The van der Waals surface area contributed by atoms with Gasteiger partial charge in [0.15, 0.2) is 0 Å². The largest absolute Gasteiger partial charge is 0.467 e. The number of rotatable bonds is 15. The molecule has 1 rings (SSSR count). The van der Waals surface area contributed by atoms with Gasteiger partial charge in [0.25, 0.3) is 0 Å². The summed E-state index contributed by atoms with van der Waals surface area (Å²) in [6.07, 6.45) is 11.6. The molecule has 1 aliphatic rings. The minimum atomic E-state index is -0.966. The molecule has 0 saturated heterocycles. The van der Waals surface area contributed by atoms with Crippen molar-refractivity contribution in [2.24, 2.45) is 11.8 Å². The van der Waals surface area contributed by atoms with Crippen LogP contribution in [0.2, 0.25) is 13.1 Å². The number of carbonyl (C=O) groups excluding carboxylic acids is 1. The van der Waals surface area contributed by atoms with Crippen LogP contribution in [0.1, 0.15) is 78.1 Å². The van der Waals surface area contributed by atoms with E-state index in [2.05, 4.69) is 48.6 Å². The summed E-state index contributed by atoms with van der Waals surface area (Å²) in [7, 11) is 1.36. The molecule has 28 heavy (non-hydrogen) atoms. The molecular formula is C22H41FO3PSi+. The Balaban J connectivity index is 2.71. The molecule has 6 unspecified atom stereocenters. The predicted octanol–water partition coefficient (Wildman–Crippen LogP) is 6.45. The van der Waals surface area contributed by atoms with E-state index in [1.807, 2.05) is 0 Å². The normalized spacial score (nSPS) is 24.8. The molecule has 0 spiro atoms. The lowest BCUT2D eigenvalue weighted by Gasteiger charge is -2.25. The van der Waals surface area contributed by atoms with Gasteiger partial charge in [-0.25, -0.2) is 8.82 Å². The first kappa shape index (κ1) is 25.9.